The molecule has 0 aliphatic heterocycles. The van der Waals surface area contributed by atoms with Gasteiger partial charge in [0.15, 0.2) is 0 Å². The Morgan fingerprint density at radius 3 is 2.47 bits per heavy atom. The van der Waals surface area contributed by atoms with Crippen molar-refractivity contribution < 1.29 is 4.79 Å². The minimum atomic E-state index is -0.0620. The Balaban J connectivity index is 1.33. The van der Waals surface area contributed by atoms with Gasteiger partial charge in [-0.05, 0) is 22.8 Å². The van der Waals surface area contributed by atoms with Crippen LogP contribution in [0.25, 0.3) is 10.9 Å². The highest BCUT2D eigenvalue weighted by Crippen LogP contribution is 2.22. The Morgan fingerprint density at radius 2 is 1.62 bits per heavy atom. The van der Waals surface area contributed by atoms with Gasteiger partial charge in [-0.2, -0.15) is 0 Å². The average Bonchev–Trinajstić information content (AvgIpc) is 3.47. The van der Waals surface area contributed by atoms with E-state index in [9.17, 15) is 4.79 Å². The first-order chi connectivity index (χ1) is 15.8. The molecule has 5 aromatic rings. The van der Waals surface area contributed by atoms with Crippen molar-refractivity contribution in [3.63, 3.8) is 0 Å². The van der Waals surface area contributed by atoms with Crippen molar-refractivity contribution in [2.75, 3.05) is 0 Å². The van der Waals surface area contributed by atoms with E-state index >= 15 is 0 Å². The first-order valence-corrected chi connectivity index (χ1v) is 10.7. The predicted molar refractivity (Wildman–Crippen MR) is 126 cm³/mol. The van der Waals surface area contributed by atoms with E-state index in [2.05, 4.69) is 45.2 Å². The molecule has 5 nitrogen and oxygen atoms in total. The van der Waals surface area contributed by atoms with Gasteiger partial charge in [-0.3, -0.25) is 4.79 Å². The van der Waals surface area contributed by atoms with Crippen molar-refractivity contribution in [3.8, 4) is 0 Å². The summed E-state index contributed by atoms with van der Waals surface area (Å²) in [5.74, 6) is -0.0620. The number of nitrogens with zero attached hydrogens (tertiary/aromatic N) is 3. The number of carbonyl (C=O) groups is 1. The second kappa shape index (κ2) is 8.94. The highest BCUT2D eigenvalue weighted by Gasteiger charge is 2.15. The lowest BCUT2D eigenvalue weighted by molar-refractivity contribution is 0.0952. The van der Waals surface area contributed by atoms with E-state index in [4.69, 9.17) is 0 Å². The molecule has 5 heteroatoms. The quantitative estimate of drug-likeness (QED) is 0.409. The Kier molecular flexibility index (Phi) is 5.54. The largest absolute Gasteiger partial charge is 0.348 e. The molecule has 0 saturated carbocycles. The number of fused-ring (bicyclic) bond motifs is 1. The molecule has 0 spiro atoms. The van der Waals surface area contributed by atoms with E-state index in [1.54, 1.807) is 12.5 Å². The number of para-hydroxylation sites is 1. The Morgan fingerprint density at radius 1 is 0.844 bits per heavy atom. The lowest BCUT2D eigenvalue weighted by Crippen LogP contribution is -2.22. The monoisotopic (exact) mass is 420 g/mol. The summed E-state index contributed by atoms with van der Waals surface area (Å²) in [5.41, 5.74) is 5.21. The van der Waals surface area contributed by atoms with E-state index in [1.165, 1.54) is 11.1 Å². The fourth-order valence-electron chi connectivity index (χ4n) is 4.05. The number of hydrogen-bond donors (Lipinski definition) is 1. The number of carbonyl (C=O) groups excluding carboxylic acids is 1. The summed E-state index contributed by atoms with van der Waals surface area (Å²) in [6.07, 6.45) is 7.49. The lowest BCUT2D eigenvalue weighted by Gasteiger charge is -2.08. The predicted octanol–water partition coefficient (Wildman–Crippen LogP) is 4.86. The normalized spacial score (nSPS) is 11.0. The molecule has 3 aromatic carbocycles. The van der Waals surface area contributed by atoms with Crippen LogP contribution in [0.3, 0.4) is 0 Å². The molecule has 2 aromatic heterocycles. The minimum Gasteiger partial charge on any atom is -0.348 e. The van der Waals surface area contributed by atoms with Crippen LogP contribution in [0.5, 0.6) is 0 Å². The molecular formula is C27H24N4O. The molecule has 0 aliphatic carbocycles. The molecule has 0 atom stereocenters. The maximum atomic E-state index is 13.1. The number of amides is 1. The maximum Gasteiger partial charge on any atom is 0.253 e. The van der Waals surface area contributed by atoms with Gasteiger partial charge < -0.3 is 14.5 Å². The van der Waals surface area contributed by atoms with Gasteiger partial charge in [0.2, 0.25) is 0 Å². The zero-order valence-corrected chi connectivity index (χ0v) is 17.7. The van der Waals surface area contributed by atoms with Crippen molar-refractivity contribution in [3.05, 3.63) is 126 Å². The molecular weight excluding hydrogens is 396 g/mol. The fraction of sp³-hybridized carbons (Fsp3) is 0.111. The molecule has 0 saturated heterocycles. The zero-order valence-electron chi connectivity index (χ0n) is 17.7. The average molecular weight is 421 g/mol. The number of hydrogen-bond acceptors (Lipinski definition) is 2. The van der Waals surface area contributed by atoms with Gasteiger partial charge in [0.25, 0.3) is 5.91 Å². The van der Waals surface area contributed by atoms with Crippen molar-refractivity contribution in [1.82, 2.24) is 19.4 Å². The van der Waals surface area contributed by atoms with Crippen LogP contribution in [0.4, 0.5) is 0 Å². The van der Waals surface area contributed by atoms with Crippen LogP contribution >= 0.6 is 0 Å². The summed E-state index contributed by atoms with van der Waals surface area (Å²) in [6, 6.07) is 26.6. The van der Waals surface area contributed by atoms with Crippen molar-refractivity contribution >= 4 is 16.8 Å². The van der Waals surface area contributed by atoms with Crippen molar-refractivity contribution in [1.29, 1.82) is 0 Å². The highest BCUT2D eigenvalue weighted by atomic mass is 16.1. The van der Waals surface area contributed by atoms with Gasteiger partial charge in [0, 0.05) is 49.1 Å². The van der Waals surface area contributed by atoms with Gasteiger partial charge in [0.1, 0.15) is 0 Å². The van der Waals surface area contributed by atoms with E-state index in [-0.39, 0.29) is 5.91 Å². The number of rotatable bonds is 7. The molecule has 0 radical (unpaired) electrons. The van der Waals surface area contributed by atoms with Crippen LogP contribution in [-0.2, 0) is 19.6 Å². The Bertz CT molecular complexity index is 1340. The highest BCUT2D eigenvalue weighted by molar-refractivity contribution is 6.07. The summed E-state index contributed by atoms with van der Waals surface area (Å²) >= 11 is 0. The molecule has 0 aliphatic rings. The van der Waals surface area contributed by atoms with Gasteiger partial charge >= 0.3 is 0 Å². The first-order valence-electron chi connectivity index (χ1n) is 10.7. The van der Waals surface area contributed by atoms with E-state index < -0.39 is 0 Å². The summed E-state index contributed by atoms with van der Waals surface area (Å²) in [4.78, 5) is 17.2. The van der Waals surface area contributed by atoms with Crippen LogP contribution in [-0.4, -0.2) is 20.0 Å². The third kappa shape index (κ3) is 4.32. The summed E-state index contributed by atoms with van der Waals surface area (Å²) < 4.78 is 4.17. The number of benzene rings is 3. The second-order valence-corrected chi connectivity index (χ2v) is 7.91. The van der Waals surface area contributed by atoms with Crippen LogP contribution in [0.2, 0.25) is 0 Å². The van der Waals surface area contributed by atoms with E-state index in [0.29, 0.717) is 12.1 Å². The molecule has 1 amide bonds. The van der Waals surface area contributed by atoms with Crippen LogP contribution in [0.15, 0.2) is 104 Å². The molecule has 5 rings (SSSR count). The second-order valence-electron chi connectivity index (χ2n) is 7.91. The fourth-order valence-corrected chi connectivity index (χ4v) is 4.05. The third-order valence-electron chi connectivity index (χ3n) is 5.60. The van der Waals surface area contributed by atoms with Crippen molar-refractivity contribution in [2.45, 2.75) is 19.6 Å². The molecule has 0 bridgehead atoms. The molecule has 158 valence electrons. The van der Waals surface area contributed by atoms with Gasteiger partial charge in [-0.1, -0.05) is 72.8 Å². The SMILES string of the molecule is O=C(NCc1cccc(Cn2ccnc2)c1)c1cn(Cc2ccccc2)c2ccccc12. The number of aromatic nitrogens is 3. The topological polar surface area (TPSA) is 51.9 Å². The summed E-state index contributed by atoms with van der Waals surface area (Å²) in [5, 5.41) is 4.07. The maximum absolute atomic E-state index is 13.1. The molecule has 0 unspecified atom stereocenters. The third-order valence-corrected chi connectivity index (χ3v) is 5.60. The van der Waals surface area contributed by atoms with Gasteiger partial charge in [-0.15, -0.1) is 0 Å². The van der Waals surface area contributed by atoms with Gasteiger partial charge in [0.05, 0.1) is 11.9 Å². The Hall–Kier alpha value is -4.12. The van der Waals surface area contributed by atoms with E-state index in [0.717, 1.165) is 29.6 Å². The minimum absolute atomic E-state index is 0.0620. The van der Waals surface area contributed by atoms with E-state index in [1.807, 2.05) is 65.5 Å². The Labute approximate surface area is 187 Å². The van der Waals surface area contributed by atoms with Crippen LogP contribution in [0.1, 0.15) is 27.0 Å². The lowest BCUT2D eigenvalue weighted by atomic mass is 10.1. The zero-order chi connectivity index (χ0) is 21.8. The summed E-state index contributed by atoms with van der Waals surface area (Å²) in [6.45, 7) is 1.97. The van der Waals surface area contributed by atoms with Gasteiger partial charge in [-0.25, -0.2) is 4.98 Å². The van der Waals surface area contributed by atoms with Crippen molar-refractivity contribution in [2.24, 2.45) is 0 Å². The summed E-state index contributed by atoms with van der Waals surface area (Å²) in [7, 11) is 0. The first kappa shape index (κ1) is 19.8. The molecule has 0 fully saturated rings. The molecule has 32 heavy (non-hydrogen) atoms. The number of imidazole rings is 1. The van der Waals surface area contributed by atoms with Crippen LogP contribution in [0, 0.1) is 0 Å². The molecule has 1 N–H and O–H groups in total. The number of nitrogens with one attached hydrogen (secondary N) is 1. The smallest absolute Gasteiger partial charge is 0.253 e. The standard InChI is InChI=1S/C27H24N4O/c32-27(29-16-22-9-6-10-23(15-22)17-30-14-13-28-20-30)25-19-31(18-21-7-2-1-3-8-21)26-12-5-4-11-24(25)26/h1-15,19-20H,16-18H2,(H,29,32). The van der Waals surface area contributed by atoms with Crippen LogP contribution < -0.4 is 5.32 Å². The molecule has 2 heterocycles.